The summed E-state index contributed by atoms with van der Waals surface area (Å²) in [6, 6.07) is 4.09. The number of hydrogen-bond donors (Lipinski definition) is 1. The van der Waals surface area contributed by atoms with Crippen molar-refractivity contribution in [3.63, 3.8) is 0 Å². The molecule has 0 saturated heterocycles. The van der Waals surface area contributed by atoms with Gasteiger partial charge in [0.1, 0.15) is 0 Å². The third-order valence-corrected chi connectivity index (χ3v) is 2.53. The molecule has 0 fully saturated rings. The first-order chi connectivity index (χ1) is 8.13. The van der Waals surface area contributed by atoms with E-state index in [1.54, 1.807) is 21.3 Å². The van der Waals surface area contributed by atoms with Crippen molar-refractivity contribution in [3.8, 4) is 11.5 Å². The highest BCUT2D eigenvalue weighted by Crippen LogP contribution is 2.35. The van der Waals surface area contributed by atoms with Gasteiger partial charge in [-0.05, 0) is 18.9 Å². The van der Waals surface area contributed by atoms with Crippen LogP contribution >= 0.6 is 0 Å². The Kier molecular flexibility index (Phi) is 5.25. The van der Waals surface area contributed by atoms with Crippen LogP contribution in [0, 0.1) is 0 Å². The third-order valence-electron chi connectivity index (χ3n) is 2.53. The summed E-state index contributed by atoms with van der Waals surface area (Å²) in [5.74, 6) is 1.48. The second kappa shape index (κ2) is 6.47. The molecule has 4 heteroatoms. The first-order valence-corrected chi connectivity index (χ1v) is 5.61. The molecule has 0 spiro atoms. The van der Waals surface area contributed by atoms with E-state index < -0.39 is 0 Å². The Morgan fingerprint density at radius 1 is 1.06 bits per heavy atom. The van der Waals surface area contributed by atoms with Gasteiger partial charge in [0.15, 0.2) is 11.5 Å². The number of nitrogens with two attached hydrogens (primary N) is 1. The predicted molar refractivity (Wildman–Crippen MR) is 67.6 cm³/mol. The minimum absolute atomic E-state index is 0.0851. The van der Waals surface area contributed by atoms with Crippen LogP contribution in [0.4, 0.5) is 0 Å². The van der Waals surface area contributed by atoms with Crippen molar-refractivity contribution < 1.29 is 14.2 Å². The molecule has 0 aromatic heterocycles. The van der Waals surface area contributed by atoms with E-state index in [0.717, 1.165) is 29.0 Å². The van der Waals surface area contributed by atoms with Gasteiger partial charge in [0, 0.05) is 18.7 Å². The lowest BCUT2D eigenvalue weighted by Crippen LogP contribution is -2.18. The molecule has 0 aliphatic rings. The Balaban J connectivity index is 3.17. The second-order valence-electron chi connectivity index (χ2n) is 4.06. The Morgan fingerprint density at radius 2 is 1.59 bits per heavy atom. The van der Waals surface area contributed by atoms with E-state index in [9.17, 15) is 0 Å². The van der Waals surface area contributed by atoms with Crippen LogP contribution in [0.5, 0.6) is 11.5 Å². The number of ether oxygens (including phenoxy) is 3. The molecule has 1 aromatic carbocycles. The van der Waals surface area contributed by atoms with Crippen molar-refractivity contribution in [2.45, 2.75) is 26.0 Å². The van der Waals surface area contributed by atoms with Crippen LogP contribution in [-0.4, -0.2) is 27.4 Å². The first kappa shape index (κ1) is 13.8. The summed E-state index contributed by atoms with van der Waals surface area (Å²) in [4.78, 5) is 0. The maximum absolute atomic E-state index is 5.82. The van der Waals surface area contributed by atoms with Crippen LogP contribution < -0.4 is 15.2 Å². The fourth-order valence-electron chi connectivity index (χ4n) is 1.87. The monoisotopic (exact) mass is 239 g/mol. The summed E-state index contributed by atoms with van der Waals surface area (Å²) in [5.41, 5.74) is 7.84. The number of hydrogen-bond acceptors (Lipinski definition) is 4. The van der Waals surface area contributed by atoms with Crippen molar-refractivity contribution in [3.05, 3.63) is 23.3 Å². The summed E-state index contributed by atoms with van der Waals surface area (Å²) in [6.45, 7) is 2.47. The van der Waals surface area contributed by atoms with E-state index in [0.29, 0.717) is 6.61 Å². The fraction of sp³-hybridized carbons (Fsp3) is 0.538. The second-order valence-corrected chi connectivity index (χ2v) is 4.06. The van der Waals surface area contributed by atoms with Gasteiger partial charge >= 0.3 is 0 Å². The number of rotatable bonds is 6. The van der Waals surface area contributed by atoms with E-state index in [1.807, 2.05) is 19.1 Å². The molecule has 0 aliphatic heterocycles. The van der Waals surface area contributed by atoms with Gasteiger partial charge in [-0.3, -0.25) is 0 Å². The Labute approximate surface area is 103 Å². The lowest BCUT2D eigenvalue weighted by molar-refractivity contribution is 0.180. The first-order valence-electron chi connectivity index (χ1n) is 5.61. The lowest BCUT2D eigenvalue weighted by atomic mass is 10.0. The molecule has 1 atom stereocenters. The van der Waals surface area contributed by atoms with E-state index >= 15 is 0 Å². The highest BCUT2D eigenvalue weighted by atomic mass is 16.5. The van der Waals surface area contributed by atoms with Gasteiger partial charge < -0.3 is 19.9 Å². The maximum atomic E-state index is 5.82. The molecule has 96 valence electrons. The fourth-order valence-corrected chi connectivity index (χ4v) is 1.87. The average molecular weight is 239 g/mol. The zero-order chi connectivity index (χ0) is 12.8. The standard InChI is InChI=1S/C13H21NO3/c1-9(14)7-10-5-6-11(8-15-2)13(17-4)12(10)16-3/h5-6,9H,7-8,14H2,1-4H3. The van der Waals surface area contributed by atoms with Crippen molar-refractivity contribution in [1.82, 2.24) is 0 Å². The molecule has 1 aromatic rings. The molecule has 1 rings (SSSR count). The SMILES string of the molecule is COCc1ccc(CC(C)N)c(OC)c1OC. The zero-order valence-electron chi connectivity index (χ0n) is 10.9. The van der Waals surface area contributed by atoms with Crippen molar-refractivity contribution in [1.29, 1.82) is 0 Å². The molecular weight excluding hydrogens is 218 g/mol. The number of benzene rings is 1. The summed E-state index contributed by atoms with van der Waals surface area (Å²) in [5, 5.41) is 0. The zero-order valence-corrected chi connectivity index (χ0v) is 10.9. The smallest absolute Gasteiger partial charge is 0.166 e. The van der Waals surface area contributed by atoms with E-state index in [-0.39, 0.29) is 6.04 Å². The molecule has 0 bridgehead atoms. The van der Waals surface area contributed by atoms with Gasteiger partial charge in [0.05, 0.1) is 20.8 Å². The summed E-state index contributed by atoms with van der Waals surface area (Å²) in [7, 11) is 4.92. The topological polar surface area (TPSA) is 53.7 Å². The highest BCUT2D eigenvalue weighted by molar-refractivity contribution is 5.52. The van der Waals surface area contributed by atoms with Crippen LogP contribution in [-0.2, 0) is 17.8 Å². The normalized spacial score (nSPS) is 12.3. The summed E-state index contributed by atoms with van der Waals surface area (Å²) in [6.07, 6.45) is 0.757. The van der Waals surface area contributed by atoms with Crippen LogP contribution in [0.25, 0.3) is 0 Å². The maximum Gasteiger partial charge on any atom is 0.166 e. The van der Waals surface area contributed by atoms with Crippen molar-refractivity contribution in [2.24, 2.45) is 5.73 Å². The van der Waals surface area contributed by atoms with E-state index in [1.165, 1.54) is 0 Å². The van der Waals surface area contributed by atoms with Gasteiger partial charge in [-0.25, -0.2) is 0 Å². The average Bonchev–Trinajstić information content (AvgIpc) is 2.30. The van der Waals surface area contributed by atoms with E-state index in [2.05, 4.69) is 0 Å². The summed E-state index contributed by atoms with van der Waals surface area (Å²) >= 11 is 0. The Bertz CT molecular complexity index is 364. The molecule has 4 nitrogen and oxygen atoms in total. The quantitative estimate of drug-likeness (QED) is 0.821. The third kappa shape index (κ3) is 3.35. The molecule has 0 saturated carbocycles. The largest absolute Gasteiger partial charge is 0.493 e. The molecule has 0 radical (unpaired) electrons. The van der Waals surface area contributed by atoms with Crippen LogP contribution in [0.1, 0.15) is 18.1 Å². The van der Waals surface area contributed by atoms with Crippen LogP contribution in [0.3, 0.4) is 0 Å². The van der Waals surface area contributed by atoms with Gasteiger partial charge in [-0.2, -0.15) is 0 Å². The summed E-state index contributed by atoms with van der Waals surface area (Å²) < 4.78 is 15.9. The molecule has 1 unspecified atom stereocenters. The van der Waals surface area contributed by atoms with E-state index in [4.69, 9.17) is 19.9 Å². The van der Waals surface area contributed by atoms with Crippen molar-refractivity contribution >= 4 is 0 Å². The van der Waals surface area contributed by atoms with Gasteiger partial charge in [0.2, 0.25) is 0 Å². The van der Waals surface area contributed by atoms with Gasteiger partial charge in [-0.1, -0.05) is 12.1 Å². The van der Waals surface area contributed by atoms with Gasteiger partial charge in [0.25, 0.3) is 0 Å². The number of methoxy groups -OCH3 is 3. The molecule has 0 heterocycles. The predicted octanol–water partition coefficient (Wildman–Crippen LogP) is 1.74. The minimum atomic E-state index is 0.0851. The molecule has 0 amide bonds. The van der Waals surface area contributed by atoms with Gasteiger partial charge in [-0.15, -0.1) is 0 Å². The molecule has 0 aliphatic carbocycles. The van der Waals surface area contributed by atoms with Crippen LogP contribution in [0.15, 0.2) is 12.1 Å². The Morgan fingerprint density at radius 3 is 2.06 bits per heavy atom. The minimum Gasteiger partial charge on any atom is -0.493 e. The molecule has 17 heavy (non-hydrogen) atoms. The van der Waals surface area contributed by atoms with Crippen molar-refractivity contribution in [2.75, 3.05) is 21.3 Å². The lowest BCUT2D eigenvalue weighted by Gasteiger charge is -2.17. The Hall–Kier alpha value is -1.26. The molecule has 2 N–H and O–H groups in total. The van der Waals surface area contributed by atoms with Crippen LogP contribution in [0.2, 0.25) is 0 Å². The molecular formula is C13H21NO3. The highest BCUT2D eigenvalue weighted by Gasteiger charge is 2.15.